The summed E-state index contributed by atoms with van der Waals surface area (Å²) in [7, 11) is 0. The van der Waals surface area contributed by atoms with Crippen LogP contribution in [0.15, 0.2) is 24.3 Å². The Bertz CT molecular complexity index is 405. The molecule has 0 radical (unpaired) electrons. The Balaban J connectivity index is 1.80. The van der Waals surface area contributed by atoms with Gasteiger partial charge in [-0.2, -0.15) is 13.2 Å². The topological polar surface area (TPSA) is 35.2 Å². The first-order valence-electron chi connectivity index (χ1n) is 5.99. The molecule has 1 aliphatic carbocycles. The Morgan fingerprint density at radius 1 is 1.28 bits per heavy atom. The van der Waals surface area contributed by atoms with Crippen molar-refractivity contribution in [3.05, 3.63) is 35.4 Å². The first-order chi connectivity index (χ1) is 8.47. The van der Waals surface area contributed by atoms with Gasteiger partial charge in [-0.15, -0.1) is 0 Å². The van der Waals surface area contributed by atoms with E-state index in [4.69, 9.17) is 10.5 Å². The molecule has 0 heterocycles. The summed E-state index contributed by atoms with van der Waals surface area (Å²) >= 11 is 0. The van der Waals surface area contributed by atoms with Crippen molar-refractivity contribution in [2.45, 2.75) is 37.6 Å². The van der Waals surface area contributed by atoms with Crippen molar-refractivity contribution >= 4 is 0 Å². The fourth-order valence-electron chi connectivity index (χ4n) is 2.26. The van der Waals surface area contributed by atoms with Gasteiger partial charge in [0.1, 0.15) is 0 Å². The van der Waals surface area contributed by atoms with Gasteiger partial charge < -0.3 is 10.5 Å². The van der Waals surface area contributed by atoms with E-state index in [0.29, 0.717) is 6.42 Å². The second-order valence-corrected chi connectivity index (χ2v) is 4.56. The Hall–Kier alpha value is -1.07. The van der Waals surface area contributed by atoms with Crippen molar-refractivity contribution in [3.8, 4) is 0 Å². The highest BCUT2D eigenvalue weighted by atomic mass is 19.4. The van der Waals surface area contributed by atoms with Gasteiger partial charge >= 0.3 is 6.18 Å². The van der Waals surface area contributed by atoms with Gasteiger partial charge in [0.25, 0.3) is 0 Å². The first kappa shape index (κ1) is 13.4. The lowest BCUT2D eigenvalue weighted by atomic mass is 10.1. The van der Waals surface area contributed by atoms with Crippen LogP contribution in [-0.2, 0) is 11.2 Å². The van der Waals surface area contributed by atoms with E-state index in [1.165, 1.54) is 0 Å². The smallest absolute Gasteiger partial charge is 0.376 e. The van der Waals surface area contributed by atoms with Gasteiger partial charge in [-0.3, -0.25) is 0 Å². The quantitative estimate of drug-likeness (QED) is 0.844. The molecular weight excluding hydrogens is 243 g/mol. The molecule has 2 N–H and O–H groups in total. The molecule has 2 nitrogen and oxygen atoms in total. The number of benzene rings is 1. The third-order valence-electron chi connectivity index (χ3n) is 3.17. The van der Waals surface area contributed by atoms with Gasteiger partial charge in [-0.25, -0.2) is 0 Å². The van der Waals surface area contributed by atoms with Crippen LogP contribution < -0.4 is 5.73 Å². The van der Waals surface area contributed by atoms with Gasteiger partial charge in [0, 0.05) is 19.4 Å². The zero-order chi connectivity index (χ0) is 13.2. The number of nitrogens with two attached hydrogens (primary N) is 1. The lowest BCUT2D eigenvalue weighted by Crippen LogP contribution is -2.25. The van der Waals surface area contributed by atoms with Crippen molar-refractivity contribution in [3.63, 3.8) is 0 Å². The molecule has 2 atom stereocenters. The maximum absolute atomic E-state index is 12.0. The summed E-state index contributed by atoms with van der Waals surface area (Å²) in [5, 5.41) is 0. The number of fused-ring (bicyclic) bond motifs is 1. The number of halogens is 3. The fraction of sp³-hybridized carbons (Fsp3) is 0.538. The SMILES string of the molecule is NC1c2ccccc2CC1OCCCC(F)(F)F. The predicted molar refractivity (Wildman–Crippen MR) is 62.1 cm³/mol. The first-order valence-corrected chi connectivity index (χ1v) is 5.99. The van der Waals surface area contributed by atoms with Crippen LogP contribution in [0.25, 0.3) is 0 Å². The highest BCUT2D eigenvalue weighted by Gasteiger charge is 2.30. The molecule has 18 heavy (non-hydrogen) atoms. The number of hydrogen-bond donors (Lipinski definition) is 1. The van der Waals surface area contributed by atoms with E-state index >= 15 is 0 Å². The minimum absolute atomic E-state index is 0.0108. The summed E-state index contributed by atoms with van der Waals surface area (Å²) in [5.74, 6) is 0. The van der Waals surface area contributed by atoms with Crippen LogP contribution >= 0.6 is 0 Å². The van der Waals surface area contributed by atoms with Gasteiger partial charge in [-0.05, 0) is 17.5 Å². The van der Waals surface area contributed by atoms with Crippen molar-refractivity contribution < 1.29 is 17.9 Å². The van der Waals surface area contributed by atoms with Gasteiger partial charge in [0.2, 0.25) is 0 Å². The Morgan fingerprint density at radius 2 is 2.00 bits per heavy atom. The summed E-state index contributed by atoms with van der Waals surface area (Å²) in [6.07, 6.45) is -4.44. The molecule has 0 saturated carbocycles. The maximum atomic E-state index is 12.0. The number of hydrogen-bond acceptors (Lipinski definition) is 2. The number of alkyl halides is 3. The van der Waals surface area contributed by atoms with Gasteiger partial charge in [0.05, 0.1) is 12.1 Å². The summed E-state index contributed by atoms with van der Waals surface area (Å²) in [5.41, 5.74) is 8.18. The Kier molecular flexibility index (Phi) is 3.92. The number of ether oxygens (including phenoxy) is 1. The van der Waals surface area contributed by atoms with E-state index in [2.05, 4.69) is 0 Å². The molecule has 0 bridgehead atoms. The molecule has 0 aromatic heterocycles. The molecule has 2 rings (SSSR count). The van der Waals surface area contributed by atoms with E-state index < -0.39 is 12.6 Å². The molecule has 1 aromatic rings. The lowest BCUT2D eigenvalue weighted by Gasteiger charge is -2.17. The third-order valence-corrected chi connectivity index (χ3v) is 3.17. The largest absolute Gasteiger partial charge is 0.389 e. The molecule has 0 fully saturated rings. The van der Waals surface area contributed by atoms with Gasteiger partial charge in [-0.1, -0.05) is 24.3 Å². The van der Waals surface area contributed by atoms with E-state index in [9.17, 15) is 13.2 Å². The number of rotatable bonds is 4. The van der Waals surface area contributed by atoms with E-state index in [-0.39, 0.29) is 25.2 Å². The molecule has 0 spiro atoms. The Morgan fingerprint density at radius 3 is 2.67 bits per heavy atom. The van der Waals surface area contributed by atoms with Crippen LogP contribution in [0.5, 0.6) is 0 Å². The second-order valence-electron chi connectivity index (χ2n) is 4.56. The predicted octanol–water partition coefficient (Wildman–Crippen LogP) is 2.97. The van der Waals surface area contributed by atoms with Crippen LogP contribution in [0, 0.1) is 0 Å². The van der Waals surface area contributed by atoms with E-state index in [1.807, 2.05) is 24.3 Å². The molecule has 2 unspecified atom stereocenters. The molecule has 0 aliphatic heterocycles. The van der Waals surface area contributed by atoms with Crippen LogP contribution in [0.3, 0.4) is 0 Å². The van der Waals surface area contributed by atoms with Crippen LogP contribution in [0.1, 0.15) is 30.0 Å². The Labute approximate surface area is 104 Å². The van der Waals surface area contributed by atoms with E-state index in [0.717, 1.165) is 11.1 Å². The van der Waals surface area contributed by atoms with Crippen LogP contribution in [0.4, 0.5) is 13.2 Å². The van der Waals surface area contributed by atoms with Crippen LogP contribution in [-0.4, -0.2) is 18.9 Å². The molecule has 1 aliphatic rings. The van der Waals surface area contributed by atoms with E-state index in [1.54, 1.807) is 0 Å². The highest BCUT2D eigenvalue weighted by molar-refractivity contribution is 5.36. The molecule has 0 saturated heterocycles. The molecule has 100 valence electrons. The summed E-state index contributed by atoms with van der Waals surface area (Å²) in [6, 6.07) is 7.53. The summed E-state index contributed by atoms with van der Waals surface area (Å²) in [6.45, 7) is 0.103. The van der Waals surface area contributed by atoms with Crippen molar-refractivity contribution in [1.29, 1.82) is 0 Å². The van der Waals surface area contributed by atoms with Crippen molar-refractivity contribution in [1.82, 2.24) is 0 Å². The average molecular weight is 259 g/mol. The molecule has 1 aromatic carbocycles. The van der Waals surface area contributed by atoms with Crippen molar-refractivity contribution in [2.75, 3.05) is 6.61 Å². The molecular formula is C13H16F3NO. The molecule has 0 amide bonds. The highest BCUT2D eigenvalue weighted by Crippen LogP contribution is 2.31. The molecule has 5 heteroatoms. The third kappa shape index (κ3) is 3.23. The average Bonchev–Trinajstić information content (AvgIpc) is 2.62. The zero-order valence-corrected chi connectivity index (χ0v) is 9.91. The fourth-order valence-corrected chi connectivity index (χ4v) is 2.26. The second kappa shape index (κ2) is 5.28. The van der Waals surface area contributed by atoms with Crippen LogP contribution in [0.2, 0.25) is 0 Å². The minimum Gasteiger partial charge on any atom is -0.376 e. The van der Waals surface area contributed by atoms with Gasteiger partial charge in [0.15, 0.2) is 0 Å². The zero-order valence-electron chi connectivity index (χ0n) is 9.91. The lowest BCUT2D eigenvalue weighted by molar-refractivity contribution is -0.139. The maximum Gasteiger partial charge on any atom is 0.389 e. The minimum atomic E-state index is -4.11. The summed E-state index contributed by atoms with van der Waals surface area (Å²) < 4.78 is 41.4. The normalized spacial score (nSPS) is 23.1. The summed E-state index contributed by atoms with van der Waals surface area (Å²) in [4.78, 5) is 0. The standard InChI is InChI=1S/C13H16F3NO/c14-13(15,16)6-3-7-18-11-8-9-4-1-2-5-10(9)12(11)17/h1-2,4-5,11-12H,3,6-8,17H2. The monoisotopic (exact) mass is 259 g/mol. The van der Waals surface area contributed by atoms with Crippen molar-refractivity contribution in [2.24, 2.45) is 5.73 Å².